The first-order chi connectivity index (χ1) is 9.11. The van der Waals surface area contributed by atoms with Gasteiger partial charge in [0.25, 0.3) is 0 Å². The summed E-state index contributed by atoms with van der Waals surface area (Å²) in [5, 5.41) is 1.12. The first-order valence-electron chi connectivity index (χ1n) is 6.23. The van der Waals surface area contributed by atoms with E-state index in [0.717, 1.165) is 12.2 Å². The van der Waals surface area contributed by atoms with Crippen molar-refractivity contribution in [3.8, 4) is 0 Å². The van der Waals surface area contributed by atoms with Crippen LogP contribution in [0.3, 0.4) is 0 Å². The Labute approximate surface area is 124 Å². The van der Waals surface area contributed by atoms with Crippen molar-refractivity contribution >= 4 is 28.9 Å². The molecule has 0 unspecified atom stereocenters. The van der Waals surface area contributed by atoms with Gasteiger partial charge in [0.2, 0.25) is 0 Å². The van der Waals surface area contributed by atoms with Gasteiger partial charge in [0.1, 0.15) is 5.15 Å². The molecule has 100 valence electrons. The third-order valence-corrected chi connectivity index (χ3v) is 3.62. The minimum atomic E-state index is 0.472. The zero-order valence-electron chi connectivity index (χ0n) is 11.0. The van der Waals surface area contributed by atoms with Crippen LogP contribution in [0.4, 0.5) is 5.69 Å². The van der Waals surface area contributed by atoms with Crippen molar-refractivity contribution in [3.63, 3.8) is 0 Å². The van der Waals surface area contributed by atoms with Crippen LogP contribution in [0, 0.1) is 6.92 Å². The van der Waals surface area contributed by atoms with Crippen LogP contribution in [-0.4, -0.2) is 11.5 Å². The second-order valence-corrected chi connectivity index (χ2v) is 5.16. The van der Waals surface area contributed by atoms with E-state index in [0.29, 0.717) is 16.7 Å². The summed E-state index contributed by atoms with van der Waals surface area (Å²) in [5.41, 5.74) is 3.24. The quantitative estimate of drug-likeness (QED) is 0.758. The molecule has 0 N–H and O–H groups in total. The van der Waals surface area contributed by atoms with E-state index in [1.54, 1.807) is 12.1 Å². The molecule has 0 amide bonds. The Hall–Kier alpha value is -1.25. The molecule has 2 rings (SSSR count). The van der Waals surface area contributed by atoms with E-state index in [9.17, 15) is 0 Å². The Morgan fingerprint density at radius 2 is 1.84 bits per heavy atom. The number of anilines is 1. The summed E-state index contributed by atoms with van der Waals surface area (Å²) in [4.78, 5) is 6.54. The predicted octanol–water partition coefficient (Wildman–Crippen LogP) is 4.72. The lowest BCUT2D eigenvalue weighted by Crippen LogP contribution is -2.23. The number of nitrogens with zero attached hydrogens (tertiary/aromatic N) is 2. The molecule has 1 aromatic carbocycles. The number of benzene rings is 1. The van der Waals surface area contributed by atoms with E-state index >= 15 is 0 Å². The Kier molecular flexibility index (Phi) is 4.67. The van der Waals surface area contributed by atoms with Crippen LogP contribution in [0.5, 0.6) is 0 Å². The number of aryl methyl sites for hydroxylation is 1. The van der Waals surface area contributed by atoms with E-state index in [4.69, 9.17) is 23.2 Å². The summed E-state index contributed by atoms with van der Waals surface area (Å²) in [6.07, 6.45) is 0. The number of pyridine rings is 1. The molecular formula is C15H16Cl2N2. The molecule has 2 aromatic rings. The van der Waals surface area contributed by atoms with Gasteiger partial charge in [-0.2, -0.15) is 0 Å². The predicted molar refractivity (Wildman–Crippen MR) is 82.2 cm³/mol. The minimum Gasteiger partial charge on any atom is -0.366 e. The number of halogens is 2. The third-order valence-electron chi connectivity index (χ3n) is 3.06. The van der Waals surface area contributed by atoms with Gasteiger partial charge < -0.3 is 4.90 Å². The highest BCUT2D eigenvalue weighted by Gasteiger charge is 2.11. The molecule has 1 heterocycles. The van der Waals surface area contributed by atoms with E-state index in [-0.39, 0.29) is 0 Å². The van der Waals surface area contributed by atoms with E-state index in [1.165, 1.54) is 11.3 Å². The zero-order valence-corrected chi connectivity index (χ0v) is 12.5. The van der Waals surface area contributed by atoms with Gasteiger partial charge >= 0.3 is 0 Å². The molecule has 0 atom stereocenters. The van der Waals surface area contributed by atoms with Crippen LogP contribution < -0.4 is 4.90 Å². The van der Waals surface area contributed by atoms with Crippen molar-refractivity contribution in [1.82, 2.24) is 4.98 Å². The lowest BCUT2D eigenvalue weighted by Gasteiger charge is -2.25. The van der Waals surface area contributed by atoms with Crippen molar-refractivity contribution in [2.45, 2.75) is 20.4 Å². The summed E-state index contributed by atoms with van der Waals surface area (Å²) in [5.74, 6) is 0. The zero-order chi connectivity index (χ0) is 13.8. The van der Waals surface area contributed by atoms with Crippen molar-refractivity contribution in [2.24, 2.45) is 0 Å². The topological polar surface area (TPSA) is 16.1 Å². The average molecular weight is 295 g/mol. The maximum Gasteiger partial charge on any atom is 0.129 e. The smallest absolute Gasteiger partial charge is 0.129 e. The molecule has 0 aliphatic rings. The fourth-order valence-corrected chi connectivity index (χ4v) is 2.36. The molecule has 4 heteroatoms. The summed E-state index contributed by atoms with van der Waals surface area (Å²) >= 11 is 12.1. The molecule has 2 nitrogen and oxygen atoms in total. The Morgan fingerprint density at radius 1 is 1.11 bits per heavy atom. The molecule has 19 heavy (non-hydrogen) atoms. The molecule has 0 saturated heterocycles. The number of aromatic nitrogens is 1. The first kappa shape index (κ1) is 14.2. The molecular weight excluding hydrogens is 279 g/mol. The van der Waals surface area contributed by atoms with Crippen LogP contribution >= 0.6 is 23.2 Å². The highest BCUT2D eigenvalue weighted by molar-refractivity contribution is 6.32. The van der Waals surface area contributed by atoms with Gasteiger partial charge in [-0.25, -0.2) is 4.98 Å². The van der Waals surface area contributed by atoms with E-state index in [2.05, 4.69) is 35.9 Å². The molecule has 0 spiro atoms. The van der Waals surface area contributed by atoms with Crippen LogP contribution in [0.1, 0.15) is 18.2 Å². The van der Waals surface area contributed by atoms with E-state index in [1.807, 2.05) is 12.1 Å². The highest BCUT2D eigenvalue weighted by atomic mass is 35.5. The van der Waals surface area contributed by atoms with E-state index < -0.39 is 0 Å². The van der Waals surface area contributed by atoms with Gasteiger partial charge in [-0.3, -0.25) is 0 Å². The Balaban J connectivity index is 2.29. The SMILES string of the molecule is CCN(Cc1nc(Cl)ccc1Cl)c1ccccc1C. The number of para-hydroxylation sites is 1. The van der Waals surface area contributed by atoms with Crippen molar-refractivity contribution < 1.29 is 0 Å². The molecule has 0 radical (unpaired) electrons. The molecule has 0 bridgehead atoms. The molecule has 0 aliphatic carbocycles. The van der Waals surface area contributed by atoms with Crippen molar-refractivity contribution in [3.05, 3.63) is 57.8 Å². The maximum absolute atomic E-state index is 6.18. The maximum atomic E-state index is 6.18. The number of hydrogen-bond donors (Lipinski definition) is 0. The van der Waals surface area contributed by atoms with Gasteiger partial charge in [-0.1, -0.05) is 41.4 Å². The number of rotatable bonds is 4. The van der Waals surface area contributed by atoms with Gasteiger partial charge in [0, 0.05) is 12.2 Å². The summed E-state index contributed by atoms with van der Waals surface area (Å²) < 4.78 is 0. The highest BCUT2D eigenvalue weighted by Crippen LogP contribution is 2.24. The first-order valence-corrected chi connectivity index (χ1v) is 6.99. The van der Waals surface area contributed by atoms with Crippen LogP contribution in [-0.2, 0) is 6.54 Å². The largest absolute Gasteiger partial charge is 0.366 e. The van der Waals surface area contributed by atoms with Crippen LogP contribution in [0.2, 0.25) is 10.2 Å². The standard InChI is InChI=1S/C15H16Cl2N2/c1-3-19(14-7-5-4-6-11(14)2)10-13-12(16)8-9-15(17)18-13/h4-9H,3,10H2,1-2H3. The molecule has 0 aliphatic heterocycles. The lowest BCUT2D eigenvalue weighted by molar-refractivity contribution is 0.806. The fraction of sp³-hybridized carbons (Fsp3) is 0.267. The summed E-state index contributed by atoms with van der Waals surface area (Å²) in [6.45, 7) is 5.76. The van der Waals surface area contributed by atoms with Gasteiger partial charge in [0.15, 0.2) is 0 Å². The summed E-state index contributed by atoms with van der Waals surface area (Å²) in [6, 6.07) is 11.8. The third kappa shape index (κ3) is 3.40. The van der Waals surface area contributed by atoms with Crippen LogP contribution in [0.25, 0.3) is 0 Å². The van der Waals surface area contributed by atoms with Gasteiger partial charge in [0.05, 0.1) is 17.3 Å². The van der Waals surface area contributed by atoms with Crippen LogP contribution in [0.15, 0.2) is 36.4 Å². The average Bonchev–Trinajstić information content (AvgIpc) is 2.41. The second kappa shape index (κ2) is 6.27. The normalized spacial score (nSPS) is 10.5. The molecule has 1 aromatic heterocycles. The Morgan fingerprint density at radius 3 is 2.53 bits per heavy atom. The molecule has 0 saturated carbocycles. The molecule has 0 fully saturated rings. The minimum absolute atomic E-state index is 0.472. The van der Waals surface area contributed by atoms with Gasteiger partial charge in [-0.05, 0) is 37.6 Å². The Bertz CT molecular complexity index is 570. The summed E-state index contributed by atoms with van der Waals surface area (Å²) in [7, 11) is 0. The van der Waals surface area contributed by atoms with Crippen molar-refractivity contribution in [2.75, 3.05) is 11.4 Å². The monoisotopic (exact) mass is 294 g/mol. The van der Waals surface area contributed by atoms with Crippen molar-refractivity contribution in [1.29, 1.82) is 0 Å². The fourth-order valence-electron chi connectivity index (χ4n) is 2.03. The van der Waals surface area contributed by atoms with Gasteiger partial charge in [-0.15, -0.1) is 0 Å². The lowest BCUT2D eigenvalue weighted by atomic mass is 10.1. The number of hydrogen-bond acceptors (Lipinski definition) is 2. The second-order valence-electron chi connectivity index (χ2n) is 4.36.